The maximum Gasteiger partial charge on any atom is 0.254 e. The largest absolute Gasteiger partial charge is 0.493 e. The Balaban J connectivity index is 1.68. The highest BCUT2D eigenvalue weighted by atomic mass is 32.2. The standard InChI is InChI=1S/C30H36N2O7S/c1-6-31(7-2)40(34,35)23-14-12-21(13-15-23)30(33)32-17-16-22-18-28(37-4)29(38-5)19-24(22)25(32)20-39-27-11-9-8-10-26(27)36-3/h8-15,18-19,25H,6-7,16-17,20H2,1-5H3/t25-/m1/s1. The Morgan fingerprint density at radius 1 is 0.875 bits per heavy atom. The molecule has 0 saturated heterocycles. The topological polar surface area (TPSA) is 94.6 Å². The van der Waals surface area contributed by atoms with Crippen molar-refractivity contribution in [3.8, 4) is 23.0 Å². The minimum absolute atomic E-state index is 0.157. The van der Waals surface area contributed by atoms with Crippen molar-refractivity contribution in [2.75, 3.05) is 47.6 Å². The predicted molar refractivity (Wildman–Crippen MR) is 152 cm³/mol. The molecule has 0 saturated carbocycles. The number of rotatable bonds is 11. The van der Waals surface area contributed by atoms with Gasteiger partial charge in [0, 0.05) is 25.2 Å². The highest BCUT2D eigenvalue weighted by molar-refractivity contribution is 7.89. The number of carbonyl (C=O) groups is 1. The van der Waals surface area contributed by atoms with E-state index in [1.165, 1.54) is 16.4 Å². The maximum absolute atomic E-state index is 13.9. The summed E-state index contributed by atoms with van der Waals surface area (Å²) in [6.45, 7) is 4.95. The van der Waals surface area contributed by atoms with Gasteiger partial charge in [-0.1, -0.05) is 26.0 Å². The van der Waals surface area contributed by atoms with Crippen LogP contribution in [0.5, 0.6) is 23.0 Å². The average molecular weight is 569 g/mol. The fourth-order valence-electron chi connectivity index (χ4n) is 5.01. The Bertz CT molecular complexity index is 1440. The molecule has 0 aliphatic carbocycles. The minimum atomic E-state index is -3.63. The second-order valence-electron chi connectivity index (χ2n) is 9.25. The quantitative estimate of drug-likeness (QED) is 0.335. The van der Waals surface area contributed by atoms with Gasteiger partial charge in [0.25, 0.3) is 5.91 Å². The first-order chi connectivity index (χ1) is 19.3. The molecule has 0 radical (unpaired) electrons. The number of nitrogens with zero attached hydrogens (tertiary/aromatic N) is 2. The third-order valence-corrected chi connectivity index (χ3v) is 9.24. The van der Waals surface area contributed by atoms with E-state index >= 15 is 0 Å². The predicted octanol–water partition coefficient (Wildman–Crippen LogP) is 4.56. The molecule has 214 valence electrons. The van der Waals surface area contributed by atoms with E-state index in [4.69, 9.17) is 18.9 Å². The maximum atomic E-state index is 13.9. The fraction of sp³-hybridized carbons (Fsp3) is 0.367. The zero-order valence-corrected chi connectivity index (χ0v) is 24.4. The molecule has 40 heavy (non-hydrogen) atoms. The molecule has 0 spiro atoms. The van der Waals surface area contributed by atoms with Crippen LogP contribution in [-0.2, 0) is 16.4 Å². The van der Waals surface area contributed by atoms with Crippen LogP contribution in [0.4, 0.5) is 0 Å². The highest BCUT2D eigenvalue weighted by Gasteiger charge is 2.34. The highest BCUT2D eigenvalue weighted by Crippen LogP contribution is 2.39. The first-order valence-electron chi connectivity index (χ1n) is 13.2. The summed E-state index contributed by atoms with van der Waals surface area (Å²) in [5.41, 5.74) is 2.33. The van der Waals surface area contributed by atoms with Gasteiger partial charge < -0.3 is 23.8 Å². The summed E-state index contributed by atoms with van der Waals surface area (Å²) in [5.74, 6) is 2.12. The van der Waals surface area contributed by atoms with E-state index in [0.29, 0.717) is 54.6 Å². The summed E-state index contributed by atoms with van der Waals surface area (Å²) < 4.78 is 50.0. The van der Waals surface area contributed by atoms with Crippen LogP contribution in [0.1, 0.15) is 41.4 Å². The van der Waals surface area contributed by atoms with Gasteiger partial charge in [-0.05, 0) is 66.1 Å². The lowest BCUT2D eigenvalue weighted by atomic mass is 9.91. The van der Waals surface area contributed by atoms with Crippen molar-refractivity contribution in [1.29, 1.82) is 0 Å². The lowest BCUT2D eigenvalue weighted by Crippen LogP contribution is -2.42. The van der Waals surface area contributed by atoms with E-state index in [0.717, 1.165) is 11.1 Å². The van der Waals surface area contributed by atoms with Gasteiger partial charge in [0.2, 0.25) is 10.0 Å². The minimum Gasteiger partial charge on any atom is -0.493 e. The number of sulfonamides is 1. The molecule has 1 amide bonds. The molecule has 1 aliphatic heterocycles. The van der Waals surface area contributed by atoms with Gasteiger partial charge in [0.1, 0.15) is 6.61 Å². The summed E-state index contributed by atoms with van der Waals surface area (Å²) in [4.78, 5) is 15.8. The molecule has 4 rings (SSSR count). The molecule has 9 nitrogen and oxygen atoms in total. The molecule has 3 aromatic rings. The monoisotopic (exact) mass is 568 g/mol. The van der Waals surface area contributed by atoms with Crippen LogP contribution in [0, 0.1) is 0 Å². The first-order valence-corrected chi connectivity index (χ1v) is 14.6. The normalized spacial score (nSPS) is 14.9. The number of hydrogen-bond acceptors (Lipinski definition) is 7. The number of hydrogen-bond donors (Lipinski definition) is 0. The first kappa shape index (κ1) is 29.2. The molecule has 1 heterocycles. The zero-order valence-electron chi connectivity index (χ0n) is 23.5. The molecular weight excluding hydrogens is 532 g/mol. The van der Waals surface area contributed by atoms with Crippen molar-refractivity contribution in [1.82, 2.24) is 9.21 Å². The second-order valence-corrected chi connectivity index (χ2v) is 11.2. The lowest BCUT2D eigenvalue weighted by molar-refractivity contribution is 0.0587. The van der Waals surface area contributed by atoms with Crippen molar-refractivity contribution in [3.63, 3.8) is 0 Å². The Morgan fingerprint density at radius 2 is 1.48 bits per heavy atom. The van der Waals surface area contributed by atoms with E-state index in [2.05, 4.69) is 0 Å². The van der Waals surface area contributed by atoms with E-state index in [-0.39, 0.29) is 17.4 Å². The number of ether oxygens (including phenoxy) is 4. The lowest BCUT2D eigenvalue weighted by Gasteiger charge is -2.37. The van der Waals surface area contributed by atoms with E-state index in [9.17, 15) is 13.2 Å². The van der Waals surface area contributed by atoms with E-state index in [1.54, 1.807) is 52.2 Å². The summed E-state index contributed by atoms with van der Waals surface area (Å²) in [6.07, 6.45) is 0.612. The van der Waals surface area contributed by atoms with Crippen molar-refractivity contribution >= 4 is 15.9 Å². The Kier molecular flexibility index (Phi) is 9.21. The number of carbonyl (C=O) groups excluding carboxylic acids is 1. The van der Waals surface area contributed by atoms with Crippen molar-refractivity contribution in [3.05, 3.63) is 77.4 Å². The zero-order chi connectivity index (χ0) is 28.9. The molecule has 1 aliphatic rings. The Labute approximate surface area is 236 Å². The van der Waals surface area contributed by atoms with Crippen LogP contribution in [0.25, 0.3) is 0 Å². The van der Waals surface area contributed by atoms with Gasteiger partial charge in [0.15, 0.2) is 23.0 Å². The SMILES string of the molecule is CCN(CC)S(=O)(=O)c1ccc(C(=O)N2CCc3cc(OC)c(OC)cc3[C@H]2COc2ccccc2OC)cc1. The fourth-order valence-corrected chi connectivity index (χ4v) is 6.46. The molecular formula is C30H36N2O7S. The van der Waals surface area contributed by atoms with Gasteiger partial charge >= 0.3 is 0 Å². The third-order valence-electron chi connectivity index (χ3n) is 7.17. The number of methoxy groups -OCH3 is 3. The van der Waals surface area contributed by atoms with Gasteiger partial charge in [-0.2, -0.15) is 4.31 Å². The molecule has 0 bridgehead atoms. The summed E-state index contributed by atoms with van der Waals surface area (Å²) >= 11 is 0. The van der Waals surface area contributed by atoms with Crippen LogP contribution >= 0.6 is 0 Å². The van der Waals surface area contributed by atoms with Crippen molar-refractivity contribution in [2.45, 2.75) is 31.2 Å². The number of para-hydroxylation sites is 2. The van der Waals surface area contributed by atoms with Crippen LogP contribution in [0.3, 0.4) is 0 Å². The summed E-state index contributed by atoms with van der Waals surface area (Å²) in [6, 6.07) is 16.9. The second kappa shape index (κ2) is 12.6. The average Bonchev–Trinajstić information content (AvgIpc) is 2.99. The van der Waals surface area contributed by atoms with Crippen LogP contribution in [0.2, 0.25) is 0 Å². The van der Waals surface area contributed by atoms with Crippen molar-refractivity contribution in [2.24, 2.45) is 0 Å². The molecule has 0 aromatic heterocycles. The third kappa shape index (κ3) is 5.73. The molecule has 0 fully saturated rings. The Hall–Kier alpha value is -3.76. The number of fused-ring (bicyclic) bond motifs is 1. The molecule has 0 N–H and O–H groups in total. The molecule has 1 atom stereocenters. The van der Waals surface area contributed by atoms with Crippen LogP contribution < -0.4 is 18.9 Å². The van der Waals surface area contributed by atoms with Gasteiger partial charge in [-0.3, -0.25) is 4.79 Å². The Morgan fingerprint density at radius 3 is 2.08 bits per heavy atom. The number of benzene rings is 3. The van der Waals surface area contributed by atoms with Crippen LogP contribution in [-0.4, -0.2) is 71.1 Å². The smallest absolute Gasteiger partial charge is 0.254 e. The summed E-state index contributed by atoms with van der Waals surface area (Å²) in [7, 11) is 1.12. The van der Waals surface area contributed by atoms with Crippen LogP contribution in [0.15, 0.2) is 65.6 Å². The summed E-state index contributed by atoms with van der Waals surface area (Å²) in [5, 5.41) is 0. The van der Waals surface area contributed by atoms with E-state index in [1.807, 2.05) is 36.4 Å². The molecule has 0 unspecified atom stereocenters. The molecule has 10 heteroatoms. The van der Waals surface area contributed by atoms with Crippen molar-refractivity contribution < 1.29 is 32.2 Å². The van der Waals surface area contributed by atoms with Gasteiger partial charge in [0.05, 0.1) is 32.3 Å². The molecule has 3 aromatic carbocycles. The number of amides is 1. The van der Waals surface area contributed by atoms with E-state index < -0.39 is 16.1 Å². The van der Waals surface area contributed by atoms with Gasteiger partial charge in [-0.15, -0.1) is 0 Å². The van der Waals surface area contributed by atoms with Gasteiger partial charge in [-0.25, -0.2) is 8.42 Å².